The Labute approximate surface area is 315 Å². The molecule has 3 amide bonds. The van der Waals surface area contributed by atoms with Crippen molar-refractivity contribution in [2.24, 2.45) is 0 Å². The van der Waals surface area contributed by atoms with Gasteiger partial charge < -0.3 is 19.5 Å². The quantitative estimate of drug-likeness (QED) is 0.177. The van der Waals surface area contributed by atoms with Crippen molar-refractivity contribution >= 4 is 51.4 Å². The maximum atomic E-state index is 13.9. The van der Waals surface area contributed by atoms with Gasteiger partial charge in [-0.25, -0.2) is 14.6 Å². The van der Waals surface area contributed by atoms with Gasteiger partial charge in [0.2, 0.25) is 5.91 Å². The first-order valence-corrected chi connectivity index (χ1v) is 20.0. The van der Waals surface area contributed by atoms with E-state index in [-0.39, 0.29) is 41.4 Å². The lowest BCUT2D eigenvalue weighted by Crippen LogP contribution is -2.52. The van der Waals surface area contributed by atoms with E-state index in [4.69, 9.17) is 18.4 Å². The highest BCUT2D eigenvalue weighted by molar-refractivity contribution is 7.93. The average molecular weight is 756 g/mol. The highest BCUT2D eigenvalue weighted by atomic mass is 32.2. The third-order valence-corrected chi connectivity index (χ3v) is 11.1. The lowest BCUT2D eigenvalue weighted by molar-refractivity contribution is -0.115. The molecule has 1 unspecified atom stereocenters. The third-order valence-electron chi connectivity index (χ3n) is 8.08. The number of amides is 3. The minimum absolute atomic E-state index is 0.0498. The van der Waals surface area contributed by atoms with Crippen LogP contribution in [0.1, 0.15) is 86.4 Å². The molecule has 0 spiro atoms. The highest BCUT2D eigenvalue weighted by Crippen LogP contribution is 2.34. The Morgan fingerprint density at radius 3 is 2.17 bits per heavy atom. The fourth-order valence-electron chi connectivity index (χ4n) is 5.51. The third kappa shape index (κ3) is 13.0. The second-order valence-electron chi connectivity index (χ2n) is 15.9. The molecule has 1 aromatic heterocycles. The van der Waals surface area contributed by atoms with Crippen molar-refractivity contribution < 1.29 is 32.8 Å². The molecule has 2 heterocycles. The van der Waals surface area contributed by atoms with Gasteiger partial charge in [0, 0.05) is 17.1 Å². The molecule has 2 N–H and O–H groups in total. The topological polar surface area (TPSA) is 128 Å². The number of ether oxygens (including phenoxy) is 3. The van der Waals surface area contributed by atoms with E-state index in [9.17, 15) is 14.4 Å². The number of hydrogen-bond donors (Lipinski definition) is 2. The Bertz CT molecular complexity index is 1630. The number of benzene rings is 2. The Hall–Kier alpha value is -3.81. The Balaban J connectivity index is 1.43. The smallest absolute Gasteiger partial charge is 0.413 e. The molecule has 2 aromatic carbocycles. The first kappa shape index (κ1) is 41.0. The summed E-state index contributed by atoms with van der Waals surface area (Å²) in [6.07, 6.45) is 2.94. The monoisotopic (exact) mass is 755 g/mol. The molecular formula is C39H55N4O7S2+. The summed E-state index contributed by atoms with van der Waals surface area (Å²) < 4.78 is 24.1. The van der Waals surface area contributed by atoms with E-state index in [1.54, 1.807) is 26.2 Å². The number of rotatable bonds is 12. The SMILES string of the molecule is C[S+](O[C@H](COc1ccccc1)[C@H]1CC[C@H](Cc2ccc(NC(=O)Cc3csc(NC(=O)OC(C)(C)C)n3)cc2)N1C(=O)OC(C)(C)C)C(C)(C)C. The zero-order valence-corrected chi connectivity index (χ0v) is 33.7. The van der Waals surface area contributed by atoms with Crippen LogP contribution in [0.5, 0.6) is 5.75 Å². The molecule has 4 rings (SSSR count). The lowest BCUT2D eigenvalue weighted by Gasteiger charge is -2.35. The number of anilines is 2. The van der Waals surface area contributed by atoms with Gasteiger partial charge in [0.05, 0.1) is 18.2 Å². The summed E-state index contributed by atoms with van der Waals surface area (Å²) in [5, 5.41) is 7.62. The number of aromatic nitrogens is 1. The fraction of sp³-hybridized carbons (Fsp3) is 0.538. The van der Waals surface area contributed by atoms with Crippen LogP contribution in [0.2, 0.25) is 0 Å². The van der Waals surface area contributed by atoms with Crippen LogP contribution in [-0.2, 0) is 42.5 Å². The molecule has 0 bridgehead atoms. The van der Waals surface area contributed by atoms with Crippen LogP contribution in [0.3, 0.4) is 0 Å². The number of nitrogens with one attached hydrogen (secondary N) is 2. The number of para-hydroxylation sites is 1. The molecule has 4 atom stereocenters. The van der Waals surface area contributed by atoms with Gasteiger partial charge in [0.1, 0.15) is 41.0 Å². The summed E-state index contributed by atoms with van der Waals surface area (Å²) in [7, 11) is 0. The number of nitrogens with zero attached hydrogens (tertiary/aromatic N) is 2. The van der Waals surface area contributed by atoms with Crippen molar-refractivity contribution in [3.05, 3.63) is 71.2 Å². The van der Waals surface area contributed by atoms with E-state index in [0.717, 1.165) is 24.2 Å². The molecule has 1 aliphatic heterocycles. The van der Waals surface area contributed by atoms with Crippen LogP contribution in [0.4, 0.5) is 20.4 Å². The maximum Gasteiger partial charge on any atom is 0.413 e. The van der Waals surface area contributed by atoms with Crippen LogP contribution in [-0.4, -0.2) is 75.0 Å². The van der Waals surface area contributed by atoms with Crippen molar-refractivity contribution in [2.75, 3.05) is 23.5 Å². The zero-order chi connectivity index (χ0) is 38.3. The largest absolute Gasteiger partial charge is 0.491 e. The van der Waals surface area contributed by atoms with Crippen LogP contribution < -0.4 is 15.4 Å². The van der Waals surface area contributed by atoms with Gasteiger partial charge in [-0.3, -0.25) is 15.0 Å². The lowest BCUT2D eigenvalue weighted by atomic mass is 10.0. The van der Waals surface area contributed by atoms with Gasteiger partial charge in [-0.2, -0.15) is 4.18 Å². The van der Waals surface area contributed by atoms with Crippen molar-refractivity contribution in [1.29, 1.82) is 0 Å². The van der Waals surface area contributed by atoms with E-state index in [1.165, 1.54) is 11.3 Å². The number of thiazole rings is 1. The van der Waals surface area contributed by atoms with Gasteiger partial charge in [0.15, 0.2) is 16.0 Å². The molecule has 11 nitrogen and oxygen atoms in total. The predicted octanol–water partition coefficient (Wildman–Crippen LogP) is 8.41. The minimum atomic E-state index is -0.666. The fourth-order valence-corrected chi connectivity index (χ4v) is 7.05. The second-order valence-corrected chi connectivity index (χ2v) is 19.1. The first-order chi connectivity index (χ1) is 24.3. The molecule has 284 valence electrons. The van der Waals surface area contributed by atoms with Crippen LogP contribution in [0, 0.1) is 0 Å². The van der Waals surface area contributed by atoms with E-state index < -0.39 is 28.5 Å². The molecule has 1 aliphatic rings. The summed E-state index contributed by atoms with van der Waals surface area (Å²) in [4.78, 5) is 45.0. The first-order valence-electron chi connectivity index (χ1n) is 17.6. The molecule has 52 heavy (non-hydrogen) atoms. The van der Waals surface area contributed by atoms with Gasteiger partial charge >= 0.3 is 12.2 Å². The summed E-state index contributed by atoms with van der Waals surface area (Å²) in [5.41, 5.74) is 0.918. The highest BCUT2D eigenvalue weighted by Gasteiger charge is 2.47. The normalized spacial score (nSPS) is 17.6. The Morgan fingerprint density at radius 2 is 1.56 bits per heavy atom. The standard InChI is InChI=1S/C39H54N4O7S2/c1-37(2,3)48-35(45)42-34-41-28(25-51-34)23-33(44)40-27-18-16-26(17-19-27)22-29-20-21-31(43(29)36(46)49-38(4,5)6)32(50-52(10)39(7,8)9)24-47-30-14-12-11-13-15-30/h11-19,25,29,31-32H,20-24H2,1-10H3,(H-,40,41,42,44,45)/p+1/t29-,31-,32-,52?/m1/s1. The zero-order valence-electron chi connectivity index (χ0n) is 32.1. The number of carbonyl (C=O) groups excluding carboxylic acids is 3. The van der Waals surface area contributed by atoms with Crippen molar-refractivity contribution in [1.82, 2.24) is 9.88 Å². The molecule has 0 radical (unpaired) electrons. The van der Waals surface area contributed by atoms with E-state index in [2.05, 4.69) is 42.6 Å². The van der Waals surface area contributed by atoms with Crippen LogP contribution >= 0.6 is 11.3 Å². The number of carbonyl (C=O) groups is 3. The Morgan fingerprint density at radius 1 is 0.904 bits per heavy atom. The van der Waals surface area contributed by atoms with Crippen LogP contribution in [0.25, 0.3) is 0 Å². The van der Waals surface area contributed by atoms with Gasteiger partial charge in [-0.1, -0.05) is 30.3 Å². The van der Waals surface area contributed by atoms with Gasteiger partial charge in [-0.15, -0.1) is 11.3 Å². The average Bonchev–Trinajstić information content (AvgIpc) is 3.64. The molecule has 1 fully saturated rings. The summed E-state index contributed by atoms with van der Waals surface area (Å²) in [5.74, 6) is 0.519. The molecule has 0 aliphatic carbocycles. The van der Waals surface area contributed by atoms with Crippen molar-refractivity contribution in [2.45, 2.75) is 122 Å². The van der Waals surface area contributed by atoms with E-state index in [1.807, 2.05) is 80.3 Å². The van der Waals surface area contributed by atoms with Crippen molar-refractivity contribution in [3.63, 3.8) is 0 Å². The second kappa shape index (κ2) is 17.3. The van der Waals surface area contributed by atoms with E-state index >= 15 is 0 Å². The summed E-state index contributed by atoms with van der Waals surface area (Å²) >= 11 is 0.815. The summed E-state index contributed by atoms with van der Waals surface area (Å²) in [6, 6.07) is 17.0. The molecule has 0 saturated carbocycles. The molecule has 1 saturated heterocycles. The maximum absolute atomic E-state index is 13.9. The predicted molar refractivity (Wildman–Crippen MR) is 209 cm³/mol. The van der Waals surface area contributed by atoms with Crippen molar-refractivity contribution in [3.8, 4) is 5.75 Å². The molecule has 3 aromatic rings. The molecule has 13 heteroatoms. The van der Waals surface area contributed by atoms with Gasteiger partial charge in [0.25, 0.3) is 0 Å². The number of hydrogen-bond acceptors (Lipinski definition) is 9. The Kier molecular flexibility index (Phi) is 13.7. The minimum Gasteiger partial charge on any atom is -0.491 e. The van der Waals surface area contributed by atoms with Gasteiger partial charge in [-0.05, 0) is 111 Å². The molecular weight excluding hydrogens is 701 g/mol. The van der Waals surface area contributed by atoms with Crippen LogP contribution in [0.15, 0.2) is 60.0 Å². The van der Waals surface area contributed by atoms with E-state index in [0.29, 0.717) is 29.5 Å². The summed E-state index contributed by atoms with van der Waals surface area (Å²) in [6.45, 7) is 17.7. The number of likely N-dealkylation sites (tertiary alicyclic amines) is 1.